The van der Waals surface area contributed by atoms with E-state index in [-0.39, 0.29) is 6.54 Å². The van der Waals surface area contributed by atoms with Gasteiger partial charge in [0.1, 0.15) is 6.04 Å². The molecule has 1 rings (SSSR count). The van der Waals surface area contributed by atoms with Gasteiger partial charge in [-0.05, 0) is 6.92 Å². The van der Waals surface area contributed by atoms with Crippen LogP contribution in [0.4, 0.5) is 4.79 Å². The number of urea groups is 1. The van der Waals surface area contributed by atoms with Crippen LogP contribution in [-0.4, -0.2) is 46.4 Å². The zero-order valence-electron chi connectivity index (χ0n) is 11.1. The van der Waals surface area contributed by atoms with Gasteiger partial charge in [0.25, 0.3) is 0 Å². The molecule has 0 unspecified atom stereocenters. The molecule has 0 aliphatic heterocycles. The molecule has 0 bridgehead atoms. The number of carbonyl (C=O) groups excluding carboxylic acids is 2. The minimum atomic E-state index is -1.34. The molecule has 1 heterocycles. The number of esters is 1. The second-order valence-corrected chi connectivity index (χ2v) is 4.02. The maximum absolute atomic E-state index is 11.6. The number of aromatic nitrogens is 2. The third-order valence-electron chi connectivity index (χ3n) is 2.58. The average molecular weight is 284 g/mol. The van der Waals surface area contributed by atoms with E-state index >= 15 is 0 Å². The Hall–Kier alpha value is -2.58. The number of hydrogen-bond acceptors (Lipinski definition) is 5. The highest BCUT2D eigenvalue weighted by Crippen LogP contribution is 2.01. The van der Waals surface area contributed by atoms with Crippen LogP contribution in [0.3, 0.4) is 0 Å². The molecule has 0 aliphatic carbocycles. The molecular weight excluding hydrogens is 268 g/mol. The van der Waals surface area contributed by atoms with E-state index in [0.29, 0.717) is 0 Å². The van der Waals surface area contributed by atoms with E-state index in [4.69, 9.17) is 5.11 Å². The van der Waals surface area contributed by atoms with E-state index in [1.54, 1.807) is 13.1 Å². The van der Waals surface area contributed by atoms with E-state index in [1.807, 2.05) is 0 Å². The van der Waals surface area contributed by atoms with Crippen LogP contribution in [0.1, 0.15) is 17.7 Å². The Morgan fingerprint density at radius 1 is 1.50 bits per heavy atom. The SMILES string of the molecule is COC(=O)C[C@H](NC(=O)NCc1cn[nH]c1C)C(=O)O. The van der Waals surface area contributed by atoms with Gasteiger partial charge in [-0.1, -0.05) is 0 Å². The Morgan fingerprint density at radius 3 is 2.70 bits per heavy atom. The van der Waals surface area contributed by atoms with Crippen LogP contribution < -0.4 is 10.6 Å². The van der Waals surface area contributed by atoms with Gasteiger partial charge in [0.2, 0.25) is 0 Å². The summed E-state index contributed by atoms with van der Waals surface area (Å²) in [7, 11) is 1.14. The monoisotopic (exact) mass is 284 g/mol. The van der Waals surface area contributed by atoms with Crippen LogP contribution in [0.2, 0.25) is 0 Å². The number of carboxylic acids is 1. The van der Waals surface area contributed by atoms with Crippen LogP contribution in [0.15, 0.2) is 6.20 Å². The molecule has 0 spiro atoms. The highest BCUT2D eigenvalue weighted by Gasteiger charge is 2.23. The van der Waals surface area contributed by atoms with Gasteiger partial charge in [0, 0.05) is 17.8 Å². The number of carbonyl (C=O) groups is 3. The fourth-order valence-electron chi connectivity index (χ4n) is 1.39. The normalized spacial score (nSPS) is 11.5. The van der Waals surface area contributed by atoms with Crippen molar-refractivity contribution in [3.8, 4) is 0 Å². The highest BCUT2D eigenvalue weighted by molar-refractivity contribution is 5.86. The number of nitrogens with zero attached hydrogens (tertiary/aromatic N) is 1. The molecule has 1 aromatic heterocycles. The second-order valence-electron chi connectivity index (χ2n) is 4.02. The van der Waals surface area contributed by atoms with E-state index in [0.717, 1.165) is 18.4 Å². The van der Waals surface area contributed by atoms with Gasteiger partial charge < -0.3 is 20.5 Å². The topological polar surface area (TPSA) is 133 Å². The molecule has 0 aliphatic rings. The fraction of sp³-hybridized carbons (Fsp3) is 0.455. The molecule has 9 nitrogen and oxygen atoms in total. The van der Waals surface area contributed by atoms with Crippen molar-refractivity contribution in [1.29, 1.82) is 0 Å². The van der Waals surface area contributed by atoms with Crippen LogP contribution in [0, 0.1) is 6.92 Å². The van der Waals surface area contributed by atoms with Crippen molar-refractivity contribution in [2.45, 2.75) is 25.9 Å². The van der Waals surface area contributed by atoms with Crippen molar-refractivity contribution in [3.05, 3.63) is 17.5 Å². The van der Waals surface area contributed by atoms with Crippen molar-refractivity contribution >= 4 is 18.0 Å². The van der Waals surface area contributed by atoms with Gasteiger partial charge in [0.05, 0.1) is 19.7 Å². The maximum atomic E-state index is 11.6. The van der Waals surface area contributed by atoms with Crippen molar-refractivity contribution in [3.63, 3.8) is 0 Å². The fourth-order valence-corrected chi connectivity index (χ4v) is 1.39. The third-order valence-corrected chi connectivity index (χ3v) is 2.58. The summed E-state index contributed by atoms with van der Waals surface area (Å²) in [6.07, 6.45) is 1.11. The zero-order chi connectivity index (χ0) is 15.1. The lowest BCUT2D eigenvalue weighted by molar-refractivity contribution is -0.147. The molecule has 20 heavy (non-hydrogen) atoms. The van der Waals surface area contributed by atoms with Gasteiger partial charge in [-0.25, -0.2) is 9.59 Å². The van der Waals surface area contributed by atoms with Gasteiger partial charge in [0.15, 0.2) is 0 Å². The number of hydrogen-bond donors (Lipinski definition) is 4. The van der Waals surface area contributed by atoms with Crippen molar-refractivity contribution in [2.24, 2.45) is 0 Å². The summed E-state index contributed by atoms with van der Waals surface area (Å²) in [5, 5.41) is 20.1. The minimum Gasteiger partial charge on any atom is -0.480 e. The van der Waals surface area contributed by atoms with Crippen molar-refractivity contribution in [2.75, 3.05) is 7.11 Å². The molecule has 4 N–H and O–H groups in total. The molecule has 1 aromatic rings. The van der Waals surface area contributed by atoms with Crippen LogP contribution in [0.25, 0.3) is 0 Å². The number of amides is 2. The number of nitrogens with one attached hydrogen (secondary N) is 3. The van der Waals surface area contributed by atoms with Crippen molar-refractivity contribution in [1.82, 2.24) is 20.8 Å². The molecule has 1 atom stereocenters. The second kappa shape index (κ2) is 7.12. The number of H-pyrrole nitrogens is 1. The van der Waals surface area contributed by atoms with Crippen LogP contribution in [0.5, 0.6) is 0 Å². The number of carboxylic acid groups (broad SMARTS) is 1. The summed E-state index contributed by atoms with van der Waals surface area (Å²) in [6.45, 7) is 1.98. The summed E-state index contributed by atoms with van der Waals surface area (Å²) >= 11 is 0. The van der Waals surface area contributed by atoms with E-state index in [2.05, 4.69) is 25.6 Å². The van der Waals surface area contributed by atoms with E-state index in [9.17, 15) is 14.4 Å². The Kier molecular flexibility index (Phi) is 5.51. The predicted octanol–water partition coefficient (Wildman–Crippen LogP) is -0.466. The maximum Gasteiger partial charge on any atom is 0.326 e. The molecule has 9 heteroatoms. The molecule has 0 saturated carbocycles. The quantitative estimate of drug-likeness (QED) is 0.522. The Balaban J connectivity index is 2.48. The van der Waals surface area contributed by atoms with Crippen LogP contribution in [-0.2, 0) is 20.9 Å². The van der Waals surface area contributed by atoms with Gasteiger partial charge in [-0.2, -0.15) is 5.10 Å². The first kappa shape index (κ1) is 15.5. The lowest BCUT2D eigenvalue weighted by Gasteiger charge is -2.13. The molecule has 0 saturated heterocycles. The Labute approximate surface area is 114 Å². The standard InChI is InChI=1S/C11H16N4O5/c1-6-7(5-13-15-6)4-12-11(19)14-8(10(17)18)3-9(16)20-2/h5,8H,3-4H2,1-2H3,(H,13,15)(H,17,18)(H2,12,14,19)/t8-/m0/s1. The summed E-state index contributed by atoms with van der Waals surface area (Å²) < 4.78 is 4.36. The van der Waals surface area contributed by atoms with Crippen LogP contribution >= 0.6 is 0 Å². The van der Waals surface area contributed by atoms with Gasteiger partial charge >= 0.3 is 18.0 Å². The summed E-state index contributed by atoms with van der Waals surface area (Å²) in [5.74, 6) is -2.03. The minimum absolute atomic E-state index is 0.193. The average Bonchev–Trinajstić information content (AvgIpc) is 2.80. The number of rotatable bonds is 6. The number of methoxy groups -OCH3 is 1. The Bertz CT molecular complexity index is 499. The Morgan fingerprint density at radius 2 is 2.20 bits per heavy atom. The van der Waals surface area contributed by atoms with Crippen molar-refractivity contribution < 1.29 is 24.2 Å². The first-order chi connectivity index (χ1) is 9.43. The molecular formula is C11H16N4O5. The van der Waals surface area contributed by atoms with E-state index < -0.39 is 30.4 Å². The first-order valence-electron chi connectivity index (χ1n) is 5.77. The third kappa shape index (κ3) is 4.59. The summed E-state index contributed by atoms with van der Waals surface area (Å²) in [4.78, 5) is 33.5. The molecule has 0 fully saturated rings. The number of ether oxygens (including phenoxy) is 1. The number of aliphatic carboxylic acids is 1. The van der Waals surface area contributed by atoms with Gasteiger partial charge in [-0.15, -0.1) is 0 Å². The molecule has 2 amide bonds. The van der Waals surface area contributed by atoms with E-state index in [1.165, 1.54) is 0 Å². The molecule has 0 radical (unpaired) electrons. The molecule has 110 valence electrons. The lowest BCUT2D eigenvalue weighted by Crippen LogP contribution is -2.46. The largest absolute Gasteiger partial charge is 0.480 e. The first-order valence-corrected chi connectivity index (χ1v) is 5.77. The predicted molar refractivity (Wildman–Crippen MR) is 66.8 cm³/mol. The summed E-state index contributed by atoms with van der Waals surface area (Å²) in [6, 6.07) is -2.03. The highest BCUT2D eigenvalue weighted by atomic mass is 16.5. The smallest absolute Gasteiger partial charge is 0.326 e. The number of aromatic amines is 1. The van der Waals surface area contributed by atoms with Gasteiger partial charge in [-0.3, -0.25) is 9.89 Å². The number of aryl methyl sites for hydroxylation is 1. The zero-order valence-corrected chi connectivity index (χ0v) is 11.1. The summed E-state index contributed by atoms with van der Waals surface area (Å²) in [5.41, 5.74) is 1.58. The molecule has 0 aromatic carbocycles. The lowest BCUT2D eigenvalue weighted by atomic mass is 10.2.